The van der Waals surface area contributed by atoms with E-state index in [1.165, 1.54) is 38.5 Å². The van der Waals surface area contributed by atoms with Crippen LogP contribution in [-0.4, -0.2) is 55.5 Å². The van der Waals surface area contributed by atoms with Crippen molar-refractivity contribution in [3.05, 3.63) is 0 Å². The molecule has 0 bridgehead atoms. The van der Waals surface area contributed by atoms with Crippen LogP contribution >= 0.6 is 0 Å². The lowest BCUT2D eigenvalue weighted by Gasteiger charge is -2.52. The number of likely N-dealkylation sites (tertiary alicyclic amines) is 1. The maximum atomic E-state index is 11.4. The van der Waals surface area contributed by atoms with Crippen molar-refractivity contribution in [2.24, 2.45) is 5.41 Å². The second-order valence-electron chi connectivity index (χ2n) is 6.59. The molecule has 1 saturated carbocycles. The summed E-state index contributed by atoms with van der Waals surface area (Å²) in [6.45, 7) is 1.65. The van der Waals surface area contributed by atoms with Gasteiger partial charge in [-0.2, -0.15) is 0 Å². The molecule has 0 aromatic heterocycles. The maximum absolute atomic E-state index is 11.4. The predicted octanol–water partition coefficient (Wildman–Crippen LogP) is 1.53. The van der Waals surface area contributed by atoms with Crippen molar-refractivity contribution in [2.45, 2.75) is 51.0 Å². The molecule has 2 rings (SSSR count). The van der Waals surface area contributed by atoms with E-state index in [2.05, 4.69) is 0 Å². The monoisotopic (exact) mass is 303 g/mol. The summed E-state index contributed by atoms with van der Waals surface area (Å²) in [5.74, 6) is -0.940. The lowest BCUT2D eigenvalue weighted by atomic mass is 9.72. The third-order valence-electron chi connectivity index (χ3n) is 4.73. The lowest BCUT2D eigenvalue weighted by molar-refractivity contribution is -0.150. The molecule has 1 aliphatic carbocycles. The van der Waals surface area contributed by atoms with Gasteiger partial charge in [0.15, 0.2) is 0 Å². The first-order chi connectivity index (χ1) is 9.31. The Hall–Kier alpha value is -0.620. The Kier molecular flexibility index (Phi) is 4.74. The van der Waals surface area contributed by atoms with Crippen LogP contribution in [0.2, 0.25) is 0 Å². The Labute approximate surface area is 121 Å². The average Bonchev–Trinajstić information content (AvgIpc) is 2.52. The van der Waals surface area contributed by atoms with Crippen LogP contribution in [0, 0.1) is 5.41 Å². The molecule has 0 amide bonds. The molecule has 1 aliphatic heterocycles. The normalized spacial score (nSPS) is 24.9. The molecule has 5 nitrogen and oxygen atoms in total. The summed E-state index contributed by atoms with van der Waals surface area (Å²) in [7, 11) is -3.10. The molecular weight excluding hydrogens is 278 g/mol. The van der Waals surface area contributed by atoms with Gasteiger partial charge in [-0.15, -0.1) is 0 Å². The van der Waals surface area contributed by atoms with Crippen LogP contribution in [0.15, 0.2) is 0 Å². The van der Waals surface area contributed by atoms with Gasteiger partial charge in [0.05, 0.1) is 5.75 Å². The van der Waals surface area contributed by atoms with E-state index < -0.39 is 21.8 Å². The van der Waals surface area contributed by atoms with E-state index in [4.69, 9.17) is 0 Å². The number of hydrogen-bond donors (Lipinski definition) is 1. The molecule has 2 aliphatic rings. The zero-order valence-corrected chi connectivity index (χ0v) is 13.0. The highest BCUT2D eigenvalue weighted by molar-refractivity contribution is 7.90. The number of rotatable bonds is 5. The van der Waals surface area contributed by atoms with E-state index in [1.807, 2.05) is 4.90 Å². The summed E-state index contributed by atoms with van der Waals surface area (Å²) in [5.41, 5.74) is 0.315. The van der Waals surface area contributed by atoms with E-state index >= 15 is 0 Å². The Morgan fingerprint density at radius 1 is 1.20 bits per heavy atom. The molecule has 0 radical (unpaired) electrons. The highest BCUT2D eigenvalue weighted by Gasteiger charge is 2.46. The molecule has 1 saturated heterocycles. The van der Waals surface area contributed by atoms with Crippen LogP contribution in [0.1, 0.15) is 44.9 Å². The number of carboxylic acid groups (broad SMARTS) is 1. The molecule has 20 heavy (non-hydrogen) atoms. The minimum absolute atomic E-state index is 0.0481. The Bertz CT molecular complexity index is 444. The fraction of sp³-hybridized carbons (Fsp3) is 0.929. The minimum Gasteiger partial charge on any atom is -0.480 e. The zero-order chi connectivity index (χ0) is 14.8. The Balaban J connectivity index is 1.91. The lowest BCUT2D eigenvalue weighted by Crippen LogP contribution is -2.61. The predicted molar refractivity (Wildman–Crippen MR) is 77.5 cm³/mol. The quantitative estimate of drug-likeness (QED) is 0.833. The van der Waals surface area contributed by atoms with Crippen LogP contribution in [0.25, 0.3) is 0 Å². The zero-order valence-electron chi connectivity index (χ0n) is 12.2. The standard InChI is InChI=1S/C14H25NO4S/c1-20(18,19)9-6-12(13(16)17)15-10-14(11-15)7-4-2-3-5-8-14/h12H,2-11H2,1H3,(H,16,17). The first-order valence-corrected chi connectivity index (χ1v) is 9.52. The van der Waals surface area contributed by atoms with Gasteiger partial charge < -0.3 is 5.11 Å². The largest absolute Gasteiger partial charge is 0.480 e. The summed E-state index contributed by atoms with van der Waals surface area (Å²) in [4.78, 5) is 13.3. The van der Waals surface area contributed by atoms with E-state index in [-0.39, 0.29) is 12.2 Å². The van der Waals surface area contributed by atoms with Gasteiger partial charge in [-0.25, -0.2) is 8.42 Å². The SMILES string of the molecule is CS(=O)(=O)CCC(C(=O)O)N1CC2(CCCCCC2)C1. The molecule has 0 aromatic carbocycles. The molecule has 1 heterocycles. The third-order valence-corrected chi connectivity index (χ3v) is 5.71. The average molecular weight is 303 g/mol. The number of carboxylic acids is 1. The van der Waals surface area contributed by atoms with Gasteiger partial charge in [0.2, 0.25) is 0 Å². The third kappa shape index (κ3) is 3.95. The molecule has 1 unspecified atom stereocenters. The van der Waals surface area contributed by atoms with Crippen molar-refractivity contribution < 1.29 is 18.3 Å². The molecule has 2 fully saturated rings. The van der Waals surface area contributed by atoms with Crippen LogP contribution in [0.5, 0.6) is 0 Å². The molecule has 1 atom stereocenters. The number of sulfone groups is 1. The van der Waals surface area contributed by atoms with Gasteiger partial charge in [-0.1, -0.05) is 25.7 Å². The summed E-state index contributed by atoms with van der Waals surface area (Å²) >= 11 is 0. The number of hydrogen-bond acceptors (Lipinski definition) is 4. The Morgan fingerprint density at radius 2 is 1.75 bits per heavy atom. The van der Waals surface area contributed by atoms with Gasteiger partial charge in [-0.05, 0) is 24.7 Å². The first-order valence-electron chi connectivity index (χ1n) is 7.46. The van der Waals surface area contributed by atoms with E-state index in [0.29, 0.717) is 5.41 Å². The first kappa shape index (κ1) is 15.8. The van der Waals surface area contributed by atoms with E-state index in [0.717, 1.165) is 19.3 Å². The maximum Gasteiger partial charge on any atom is 0.320 e. The van der Waals surface area contributed by atoms with Crippen molar-refractivity contribution in [3.8, 4) is 0 Å². The topological polar surface area (TPSA) is 74.7 Å². The Morgan fingerprint density at radius 3 is 2.20 bits per heavy atom. The van der Waals surface area contributed by atoms with Crippen molar-refractivity contribution >= 4 is 15.8 Å². The highest BCUT2D eigenvalue weighted by atomic mass is 32.2. The van der Waals surface area contributed by atoms with Crippen LogP contribution < -0.4 is 0 Å². The molecule has 0 aromatic rings. The van der Waals surface area contributed by atoms with Gasteiger partial charge >= 0.3 is 5.97 Å². The highest BCUT2D eigenvalue weighted by Crippen LogP contribution is 2.43. The van der Waals surface area contributed by atoms with Crippen LogP contribution in [-0.2, 0) is 14.6 Å². The molecule has 1 spiro atoms. The van der Waals surface area contributed by atoms with Gasteiger partial charge in [0.25, 0.3) is 0 Å². The number of aliphatic carboxylic acids is 1. The fourth-order valence-electron chi connectivity index (χ4n) is 3.62. The van der Waals surface area contributed by atoms with Gasteiger partial charge in [-0.3, -0.25) is 9.69 Å². The smallest absolute Gasteiger partial charge is 0.320 e. The molecule has 116 valence electrons. The van der Waals surface area contributed by atoms with Crippen molar-refractivity contribution in [2.75, 3.05) is 25.1 Å². The summed E-state index contributed by atoms with van der Waals surface area (Å²) in [5, 5.41) is 9.31. The number of carbonyl (C=O) groups is 1. The van der Waals surface area contributed by atoms with E-state index in [9.17, 15) is 18.3 Å². The molecular formula is C14H25NO4S. The van der Waals surface area contributed by atoms with Crippen LogP contribution in [0.4, 0.5) is 0 Å². The molecule has 6 heteroatoms. The summed E-state index contributed by atoms with van der Waals surface area (Å²) in [6, 6.07) is -0.640. The van der Waals surface area contributed by atoms with Crippen molar-refractivity contribution in [1.82, 2.24) is 4.90 Å². The summed E-state index contributed by atoms with van der Waals surface area (Å²) in [6.07, 6.45) is 8.82. The van der Waals surface area contributed by atoms with E-state index in [1.54, 1.807) is 0 Å². The second kappa shape index (κ2) is 6.02. The van der Waals surface area contributed by atoms with Gasteiger partial charge in [0.1, 0.15) is 15.9 Å². The summed E-state index contributed by atoms with van der Waals surface area (Å²) < 4.78 is 22.4. The number of nitrogens with zero attached hydrogens (tertiary/aromatic N) is 1. The van der Waals surface area contributed by atoms with Crippen molar-refractivity contribution in [1.29, 1.82) is 0 Å². The van der Waals surface area contributed by atoms with Crippen LogP contribution in [0.3, 0.4) is 0 Å². The van der Waals surface area contributed by atoms with Crippen molar-refractivity contribution in [3.63, 3.8) is 0 Å². The second-order valence-corrected chi connectivity index (χ2v) is 8.85. The minimum atomic E-state index is -3.10. The fourth-order valence-corrected chi connectivity index (χ4v) is 4.27. The van der Waals surface area contributed by atoms with Gasteiger partial charge in [0, 0.05) is 19.3 Å². The molecule has 1 N–H and O–H groups in total.